The van der Waals surface area contributed by atoms with Gasteiger partial charge < -0.3 is 5.32 Å². The Morgan fingerprint density at radius 1 is 1.53 bits per heavy atom. The Morgan fingerprint density at radius 2 is 2.24 bits per heavy atom. The van der Waals surface area contributed by atoms with E-state index in [1.54, 1.807) is 0 Å². The van der Waals surface area contributed by atoms with Crippen molar-refractivity contribution in [3.63, 3.8) is 0 Å². The molecule has 0 radical (unpaired) electrons. The maximum Gasteiger partial charge on any atom is 0.328 e. The first-order chi connectivity index (χ1) is 8.06. The van der Waals surface area contributed by atoms with Crippen molar-refractivity contribution in [2.75, 3.05) is 6.54 Å². The van der Waals surface area contributed by atoms with E-state index in [9.17, 15) is 14.4 Å². The minimum atomic E-state index is -0.647. The number of rotatable bonds is 4. The Bertz CT molecular complexity index is 544. The van der Waals surface area contributed by atoms with E-state index in [1.807, 2.05) is 4.98 Å². The van der Waals surface area contributed by atoms with Crippen molar-refractivity contribution in [3.05, 3.63) is 32.1 Å². The Balaban J connectivity index is 2.01. The van der Waals surface area contributed by atoms with Gasteiger partial charge in [-0.2, -0.15) is 0 Å². The number of hydrogen-bond donors (Lipinski definition) is 2. The molecule has 1 aromatic rings. The topological polar surface area (TPSA) is 84.0 Å². The SMILES string of the molecule is O=C(Cn1cc(Cl)c(=O)[nH]c1=O)NCC1CC1. The average Bonchev–Trinajstić information content (AvgIpc) is 3.07. The fourth-order valence-corrected chi connectivity index (χ4v) is 1.56. The summed E-state index contributed by atoms with van der Waals surface area (Å²) in [5.74, 6) is 0.317. The van der Waals surface area contributed by atoms with Crippen LogP contribution < -0.4 is 16.6 Å². The van der Waals surface area contributed by atoms with E-state index in [0.717, 1.165) is 17.4 Å². The van der Waals surface area contributed by atoms with Gasteiger partial charge in [0, 0.05) is 12.7 Å². The zero-order chi connectivity index (χ0) is 12.4. The minimum absolute atomic E-state index is 0.111. The number of hydrogen-bond acceptors (Lipinski definition) is 3. The lowest BCUT2D eigenvalue weighted by molar-refractivity contribution is -0.121. The maximum atomic E-state index is 11.5. The van der Waals surface area contributed by atoms with Gasteiger partial charge in [-0.3, -0.25) is 19.1 Å². The molecule has 1 aromatic heterocycles. The van der Waals surface area contributed by atoms with Crippen LogP contribution in [0, 0.1) is 5.92 Å². The van der Waals surface area contributed by atoms with Crippen LogP contribution in [0.15, 0.2) is 15.8 Å². The van der Waals surface area contributed by atoms with Crippen LogP contribution in [0.2, 0.25) is 5.02 Å². The fraction of sp³-hybridized carbons (Fsp3) is 0.500. The predicted octanol–water partition coefficient (Wildman–Crippen LogP) is -0.284. The van der Waals surface area contributed by atoms with Gasteiger partial charge in [0.2, 0.25) is 5.91 Å². The number of carbonyl (C=O) groups excluding carboxylic acids is 1. The second-order valence-electron chi connectivity index (χ2n) is 4.11. The molecule has 1 saturated carbocycles. The summed E-state index contributed by atoms with van der Waals surface area (Å²) in [6.45, 7) is 0.507. The number of amides is 1. The lowest BCUT2D eigenvalue weighted by atomic mass is 10.4. The number of aromatic amines is 1. The number of carbonyl (C=O) groups is 1. The summed E-state index contributed by atoms with van der Waals surface area (Å²) in [5.41, 5.74) is -1.28. The van der Waals surface area contributed by atoms with Crippen LogP contribution in [0.5, 0.6) is 0 Å². The number of nitrogens with zero attached hydrogens (tertiary/aromatic N) is 1. The van der Waals surface area contributed by atoms with Crippen LogP contribution >= 0.6 is 11.6 Å². The molecule has 17 heavy (non-hydrogen) atoms. The smallest absolute Gasteiger partial charge is 0.328 e. The minimum Gasteiger partial charge on any atom is -0.354 e. The molecule has 2 rings (SSSR count). The molecule has 0 aliphatic heterocycles. The van der Waals surface area contributed by atoms with Gasteiger partial charge in [-0.25, -0.2) is 4.79 Å². The molecule has 1 aliphatic rings. The summed E-state index contributed by atoms with van der Waals surface area (Å²) in [7, 11) is 0. The monoisotopic (exact) mass is 257 g/mol. The highest BCUT2D eigenvalue weighted by molar-refractivity contribution is 6.30. The Kier molecular flexibility index (Phi) is 3.33. The first-order valence-electron chi connectivity index (χ1n) is 5.32. The highest BCUT2D eigenvalue weighted by atomic mass is 35.5. The van der Waals surface area contributed by atoms with Crippen molar-refractivity contribution in [1.82, 2.24) is 14.9 Å². The van der Waals surface area contributed by atoms with Crippen LogP contribution in [0.1, 0.15) is 12.8 Å². The zero-order valence-electron chi connectivity index (χ0n) is 9.03. The predicted molar refractivity (Wildman–Crippen MR) is 62.1 cm³/mol. The summed E-state index contributed by atoms with van der Waals surface area (Å²) in [4.78, 5) is 35.9. The largest absolute Gasteiger partial charge is 0.354 e. The molecule has 0 aromatic carbocycles. The molecule has 6 nitrogen and oxygen atoms in total. The van der Waals surface area contributed by atoms with Gasteiger partial charge in [0.05, 0.1) is 0 Å². The number of aromatic nitrogens is 2. The Morgan fingerprint density at radius 3 is 2.88 bits per heavy atom. The van der Waals surface area contributed by atoms with Gasteiger partial charge in [-0.05, 0) is 18.8 Å². The molecular formula is C10H12ClN3O3. The maximum absolute atomic E-state index is 11.5. The van der Waals surface area contributed by atoms with E-state index in [2.05, 4.69) is 5.32 Å². The van der Waals surface area contributed by atoms with Gasteiger partial charge in [0.25, 0.3) is 5.56 Å². The highest BCUT2D eigenvalue weighted by Gasteiger charge is 2.21. The molecular weight excluding hydrogens is 246 g/mol. The molecule has 7 heteroatoms. The van der Waals surface area contributed by atoms with Crippen LogP contribution in [0.25, 0.3) is 0 Å². The molecule has 2 N–H and O–H groups in total. The van der Waals surface area contributed by atoms with E-state index < -0.39 is 11.2 Å². The number of nitrogens with one attached hydrogen (secondary N) is 2. The molecule has 0 spiro atoms. The zero-order valence-corrected chi connectivity index (χ0v) is 9.79. The summed E-state index contributed by atoms with van der Waals surface area (Å²) in [6.07, 6.45) is 3.45. The van der Waals surface area contributed by atoms with Gasteiger partial charge in [-0.15, -0.1) is 0 Å². The molecule has 1 fully saturated rings. The van der Waals surface area contributed by atoms with E-state index in [0.29, 0.717) is 12.5 Å². The molecule has 0 unspecified atom stereocenters. The van der Waals surface area contributed by atoms with E-state index in [-0.39, 0.29) is 17.5 Å². The van der Waals surface area contributed by atoms with E-state index in [4.69, 9.17) is 11.6 Å². The third kappa shape index (κ3) is 3.20. The lowest BCUT2D eigenvalue weighted by Crippen LogP contribution is -2.36. The third-order valence-corrected chi connectivity index (χ3v) is 2.84. The van der Waals surface area contributed by atoms with Gasteiger partial charge >= 0.3 is 5.69 Å². The van der Waals surface area contributed by atoms with Crippen molar-refractivity contribution < 1.29 is 4.79 Å². The van der Waals surface area contributed by atoms with Crippen molar-refractivity contribution in [2.45, 2.75) is 19.4 Å². The molecule has 1 aliphatic carbocycles. The molecule has 0 atom stereocenters. The van der Waals surface area contributed by atoms with E-state index >= 15 is 0 Å². The Hall–Kier alpha value is -1.56. The van der Waals surface area contributed by atoms with Gasteiger partial charge in [0.15, 0.2) is 0 Å². The lowest BCUT2D eigenvalue weighted by Gasteiger charge is -2.06. The first kappa shape index (κ1) is 11.9. The van der Waals surface area contributed by atoms with Crippen molar-refractivity contribution in [2.24, 2.45) is 5.92 Å². The highest BCUT2D eigenvalue weighted by Crippen LogP contribution is 2.27. The average molecular weight is 258 g/mol. The van der Waals surface area contributed by atoms with Gasteiger partial charge in [-0.1, -0.05) is 11.6 Å². The summed E-state index contributed by atoms with van der Waals surface area (Å²) < 4.78 is 1.08. The number of halogens is 1. The molecule has 0 bridgehead atoms. The molecule has 92 valence electrons. The first-order valence-corrected chi connectivity index (χ1v) is 5.70. The van der Waals surface area contributed by atoms with Crippen LogP contribution in [0.4, 0.5) is 0 Å². The standard InChI is InChI=1S/C10H12ClN3O3/c11-7-4-14(10(17)13-9(7)16)5-8(15)12-3-6-1-2-6/h4,6H,1-3,5H2,(H,12,15)(H,13,16,17). The van der Waals surface area contributed by atoms with Crippen LogP contribution in [-0.2, 0) is 11.3 Å². The van der Waals surface area contributed by atoms with Crippen molar-refractivity contribution >= 4 is 17.5 Å². The van der Waals surface area contributed by atoms with Crippen molar-refractivity contribution in [3.8, 4) is 0 Å². The van der Waals surface area contributed by atoms with Crippen molar-refractivity contribution in [1.29, 1.82) is 0 Å². The summed E-state index contributed by atoms with van der Waals surface area (Å²) in [5, 5.41) is 2.61. The molecule has 1 heterocycles. The quantitative estimate of drug-likeness (QED) is 0.778. The molecule has 1 amide bonds. The van der Waals surface area contributed by atoms with Gasteiger partial charge in [0.1, 0.15) is 11.6 Å². The number of H-pyrrole nitrogens is 1. The van der Waals surface area contributed by atoms with E-state index in [1.165, 1.54) is 6.20 Å². The van der Waals surface area contributed by atoms with Crippen LogP contribution in [-0.4, -0.2) is 22.0 Å². The summed E-state index contributed by atoms with van der Waals surface area (Å²) >= 11 is 5.57. The molecule has 0 saturated heterocycles. The fourth-order valence-electron chi connectivity index (χ4n) is 1.39. The second kappa shape index (κ2) is 4.75. The second-order valence-corrected chi connectivity index (χ2v) is 4.52. The third-order valence-electron chi connectivity index (χ3n) is 2.57. The van der Waals surface area contributed by atoms with Crippen LogP contribution in [0.3, 0.4) is 0 Å². The Labute approximate surface area is 102 Å². The summed E-state index contributed by atoms with van der Waals surface area (Å²) in [6, 6.07) is 0. The normalized spacial score (nSPS) is 14.6.